The number of hydrogen-bond donors (Lipinski definition) is 1. The lowest BCUT2D eigenvalue weighted by molar-refractivity contribution is -0.131. The number of halogens is 1. The molecule has 1 heterocycles. The molecule has 1 aliphatic heterocycles. The second-order valence-electron chi connectivity index (χ2n) is 6.71. The van der Waals surface area contributed by atoms with Crippen LogP contribution in [0.4, 0.5) is 15.8 Å². The van der Waals surface area contributed by atoms with E-state index in [1.54, 1.807) is 12.1 Å². The van der Waals surface area contributed by atoms with Crippen LogP contribution in [0.3, 0.4) is 0 Å². The van der Waals surface area contributed by atoms with Crippen LogP contribution in [0.2, 0.25) is 0 Å². The Labute approximate surface area is 154 Å². The Kier molecular flexibility index (Phi) is 5.76. The maximum atomic E-state index is 13.1. The van der Waals surface area contributed by atoms with Gasteiger partial charge in [0.1, 0.15) is 11.9 Å². The minimum atomic E-state index is -0.264. The number of hydrogen-bond acceptors (Lipinski definition) is 3. The number of anilines is 2. The fourth-order valence-electron chi connectivity index (χ4n) is 3.30. The summed E-state index contributed by atoms with van der Waals surface area (Å²) in [6.45, 7) is 6.90. The Morgan fingerprint density at radius 2 is 1.81 bits per heavy atom. The van der Waals surface area contributed by atoms with Crippen LogP contribution in [0.1, 0.15) is 19.4 Å². The van der Waals surface area contributed by atoms with Crippen molar-refractivity contribution in [3.8, 4) is 0 Å². The molecule has 5 heteroatoms. The largest absolute Gasteiger partial charge is 0.374 e. The number of benzene rings is 2. The van der Waals surface area contributed by atoms with E-state index in [9.17, 15) is 9.18 Å². The van der Waals surface area contributed by atoms with Gasteiger partial charge in [0.25, 0.3) is 0 Å². The first-order valence-electron chi connectivity index (χ1n) is 9.21. The summed E-state index contributed by atoms with van der Waals surface area (Å²) in [5, 5.41) is 3.32. The summed E-state index contributed by atoms with van der Waals surface area (Å²) >= 11 is 0. The van der Waals surface area contributed by atoms with Gasteiger partial charge in [0.15, 0.2) is 0 Å². The third-order valence-corrected chi connectivity index (χ3v) is 4.87. The molecule has 1 amide bonds. The van der Waals surface area contributed by atoms with E-state index in [1.807, 2.05) is 24.0 Å². The van der Waals surface area contributed by atoms with E-state index in [4.69, 9.17) is 0 Å². The molecule has 0 aliphatic carbocycles. The molecule has 1 fully saturated rings. The highest BCUT2D eigenvalue weighted by atomic mass is 19.1. The molecule has 138 valence electrons. The number of nitrogens with one attached hydrogen (secondary N) is 1. The highest BCUT2D eigenvalue weighted by molar-refractivity contribution is 5.84. The van der Waals surface area contributed by atoms with Gasteiger partial charge < -0.3 is 15.1 Å². The molecule has 3 rings (SSSR count). The maximum Gasteiger partial charge on any atom is 0.244 e. The number of aryl methyl sites for hydroxylation is 1. The van der Waals surface area contributed by atoms with Gasteiger partial charge in [0.05, 0.1) is 0 Å². The van der Waals surface area contributed by atoms with Crippen molar-refractivity contribution in [2.45, 2.75) is 26.3 Å². The molecule has 0 aromatic heterocycles. The van der Waals surface area contributed by atoms with Crippen molar-refractivity contribution >= 4 is 17.3 Å². The molecule has 1 unspecified atom stereocenters. The number of rotatable bonds is 5. The van der Waals surface area contributed by atoms with Gasteiger partial charge in [-0.3, -0.25) is 4.79 Å². The molecule has 4 nitrogen and oxygen atoms in total. The predicted molar refractivity (Wildman–Crippen MR) is 104 cm³/mol. The van der Waals surface area contributed by atoms with Gasteiger partial charge in [0, 0.05) is 37.6 Å². The minimum Gasteiger partial charge on any atom is -0.374 e. The molecule has 1 saturated heterocycles. The molecule has 0 bridgehead atoms. The van der Waals surface area contributed by atoms with E-state index in [0.717, 1.165) is 30.9 Å². The lowest BCUT2D eigenvalue weighted by Crippen LogP contribution is -2.52. The highest BCUT2D eigenvalue weighted by Gasteiger charge is 2.25. The van der Waals surface area contributed by atoms with Crippen molar-refractivity contribution in [2.24, 2.45) is 0 Å². The second kappa shape index (κ2) is 8.21. The first-order valence-corrected chi connectivity index (χ1v) is 9.21. The zero-order chi connectivity index (χ0) is 18.5. The highest BCUT2D eigenvalue weighted by Crippen LogP contribution is 2.18. The van der Waals surface area contributed by atoms with Crippen LogP contribution in [0.5, 0.6) is 0 Å². The zero-order valence-electron chi connectivity index (χ0n) is 15.4. The van der Waals surface area contributed by atoms with Crippen LogP contribution in [-0.2, 0) is 11.2 Å². The lowest BCUT2D eigenvalue weighted by atomic mass is 10.1. The van der Waals surface area contributed by atoms with Gasteiger partial charge in [-0.05, 0) is 55.3 Å². The number of carbonyl (C=O) groups is 1. The van der Waals surface area contributed by atoms with Crippen LogP contribution < -0.4 is 10.2 Å². The summed E-state index contributed by atoms with van der Waals surface area (Å²) in [5.74, 6) is -0.111. The number of piperazine rings is 1. The van der Waals surface area contributed by atoms with Crippen LogP contribution in [-0.4, -0.2) is 43.0 Å². The van der Waals surface area contributed by atoms with Crippen molar-refractivity contribution in [3.05, 3.63) is 59.9 Å². The zero-order valence-corrected chi connectivity index (χ0v) is 15.4. The van der Waals surface area contributed by atoms with E-state index >= 15 is 0 Å². The molecule has 0 radical (unpaired) electrons. The Bertz CT molecular complexity index is 739. The normalized spacial score (nSPS) is 15.7. The molecule has 1 N–H and O–H groups in total. The monoisotopic (exact) mass is 355 g/mol. The van der Waals surface area contributed by atoms with Gasteiger partial charge in [-0.1, -0.05) is 19.1 Å². The lowest BCUT2D eigenvalue weighted by Gasteiger charge is -2.37. The molecule has 0 spiro atoms. The van der Waals surface area contributed by atoms with Gasteiger partial charge >= 0.3 is 0 Å². The van der Waals surface area contributed by atoms with Gasteiger partial charge in [-0.15, -0.1) is 0 Å². The van der Waals surface area contributed by atoms with Crippen molar-refractivity contribution in [2.75, 3.05) is 36.4 Å². The molecule has 2 aromatic carbocycles. The number of amides is 1. The van der Waals surface area contributed by atoms with Crippen LogP contribution in [0.15, 0.2) is 48.5 Å². The number of carbonyl (C=O) groups excluding carboxylic acids is 1. The minimum absolute atomic E-state index is 0.116. The first kappa shape index (κ1) is 18.2. The Morgan fingerprint density at radius 3 is 2.46 bits per heavy atom. The molecule has 26 heavy (non-hydrogen) atoms. The predicted octanol–water partition coefficient (Wildman–Crippen LogP) is 3.54. The second-order valence-corrected chi connectivity index (χ2v) is 6.71. The molecule has 2 aromatic rings. The summed E-state index contributed by atoms with van der Waals surface area (Å²) in [7, 11) is 0. The molecular formula is C21H26FN3O. The number of nitrogens with zero attached hydrogens (tertiary/aromatic N) is 2. The van der Waals surface area contributed by atoms with Gasteiger partial charge in [-0.2, -0.15) is 0 Å². The quantitative estimate of drug-likeness (QED) is 0.891. The van der Waals surface area contributed by atoms with E-state index in [-0.39, 0.29) is 17.8 Å². The van der Waals surface area contributed by atoms with Gasteiger partial charge in [0.2, 0.25) is 5.91 Å². The molecule has 1 atom stereocenters. The van der Waals surface area contributed by atoms with E-state index in [1.165, 1.54) is 17.7 Å². The fraction of sp³-hybridized carbons (Fsp3) is 0.381. The van der Waals surface area contributed by atoms with Crippen LogP contribution in [0.25, 0.3) is 0 Å². The smallest absolute Gasteiger partial charge is 0.244 e. The Morgan fingerprint density at radius 1 is 1.12 bits per heavy atom. The molecule has 1 aliphatic rings. The van der Waals surface area contributed by atoms with Crippen molar-refractivity contribution in [1.82, 2.24) is 4.90 Å². The van der Waals surface area contributed by atoms with E-state index in [0.29, 0.717) is 13.1 Å². The standard InChI is InChI=1S/C21H26FN3O/c1-3-17-5-4-6-19(15-17)23-16(2)21(26)25-13-11-24(12-14-25)20-9-7-18(22)8-10-20/h4-10,15-16,23H,3,11-14H2,1-2H3. The maximum absolute atomic E-state index is 13.1. The topological polar surface area (TPSA) is 35.6 Å². The van der Waals surface area contributed by atoms with Crippen LogP contribution >= 0.6 is 0 Å². The SMILES string of the molecule is CCc1cccc(NC(C)C(=O)N2CCN(c3ccc(F)cc3)CC2)c1. The fourth-order valence-corrected chi connectivity index (χ4v) is 3.30. The summed E-state index contributed by atoms with van der Waals surface area (Å²) in [4.78, 5) is 16.8. The Balaban J connectivity index is 1.54. The molecular weight excluding hydrogens is 329 g/mol. The van der Waals surface area contributed by atoms with E-state index < -0.39 is 0 Å². The average molecular weight is 355 g/mol. The average Bonchev–Trinajstić information content (AvgIpc) is 2.68. The van der Waals surface area contributed by atoms with Crippen molar-refractivity contribution in [1.29, 1.82) is 0 Å². The first-order chi connectivity index (χ1) is 12.6. The van der Waals surface area contributed by atoms with Crippen LogP contribution in [0, 0.1) is 5.82 Å². The van der Waals surface area contributed by atoms with Crippen molar-refractivity contribution in [3.63, 3.8) is 0 Å². The van der Waals surface area contributed by atoms with Crippen molar-refractivity contribution < 1.29 is 9.18 Å². The summed E-state index contributed by atoms with van der Waals surface area (Å²) < 4.78 is 13.1. The van der Waals surface area contributed by atoms with E-state index in [2.05, 4.69) is 29.3 Å². The van der Waals surface area contributed by atoms with Gasteiger partial charge in [-0.25, -0.2) is 4.39 Å². The third kappa shape index (κ3) is 4.34. The third-order valence-electron chi connectivity index (χ3n) is 4.87. The molecule has 0 saturated carbocycles. The summed E-state index contributed by atoms with van der Waals surface area (Å²) in [5.41, 5.74) is 3.23. The Hall–Kier alpha value is -2.56. The summed E-state index contributed by atoms with van der Waals surface area (Å²) in [6.07, 6.45) is 0.975. The summed E-state index contributed by atoms with van der Waals surface area (Å²) in [6, 6.07) is 14.5.